The van der Waals surface area contributed by atoms with Gasteiger partial charge in [0.25, 0.3) is 0 Å². The van der Waals surface area contributed by atoms with Gasteiger partial charge in [-0.1, -0.05) is 45.4 Å². The molecule has 0 aliphatic heterocycles. The van der Waals surface area contributed by atoms with E-state index in [1.54, 1.807) is 6.92 Å². The van der Waals surface area contributed by atoms with E-state index in [1.165, 1.54) is 0 Å². The smallest absolute Gasteiger partial charge is 0.349 e. The highest BCUT2D eigenvalue weighted by atomic mass is 31.1. The molecule has 0 amide bonds. The van der Waals surface area contributed by atoms with Gasteiger partial charge in [0.1, 0.15) is 0 Å². The van der Waals surface area contributed by atoms with Gasteiger partial charge in [0.2, 0.25) is 6.29 Å². The van der Waals surface area contributed by atoms with Crippen LogP contribution in [0.4, 0.5) is 0 Å². The molecule has 1 rings (SSSR count). The Morgan fingerprint density at radius 3 is 2.15 bits per heavy atom. The second-order valence-corrected chi connectivity index (χ2v) is 9.67. The Labute approximate surface area is 159 Å². The third-order valence-electron chi connectivity index (χ3n) is 4.22. The normalized spacial score (nSPS) is 14.8. The summed E-state index contributed by atoms with van der Waals surface area (Å²) in [6, 6.07) is 3.83. The summed E-state index contributed by atoms with van der Waals surface area (Å²) >= 11 is 0. The van der Waals surface area contributed by atoms with E-state index in [-0.39, 0.29) is 0 Å². The first-order valence-electron chi connectivity index (χ1n) is 9.28. The van der Waals surface area contributed by atoms with E-state index in [0.717, 1.165) is 29.5 Å². The maximum Gasteiger partial charge on any atom is 0.595 e. The summed E-state index contributed by atoms with van der Waals surface area (Å²) in [5.41, 5.74) is 3.04. The Kier molecular flexibility index (Phi) is 8.59. The Bertz CT molecular complexity index is 623. The number of hydrogen-bond donors (Lipinski definition) is 0. The number of rotatable bonds is 9. The van der Waals surface area contributed by atoms with Gasteiger partial charge in [-0.05, 0) is 67.6 Å². The highest BCUT2D eigenvalue weighted by Gasteiger charge is 2.37. The van der Waals surface area contributed by atoms with Crippen molar-refractivity contribution in [1.29, 1.82) is 0 Å². The molecule has 0 N–H and O–H groups in total. The number of carbonyl (C=O) groups excluding carboxylic acids is 1. The maximum atomic E-state index is 12.5. The van der Waals surface area contributed by atoms with E-state index in [1.807, 2.05) is 32.9 Å². The molecule has 0 saturated heterocycles. The fourth-order valence-corrected chi connectivity index (χ4v) is 4.37. The summed E-state index contributed by atoms with van der Waals surface area (Å²) in [6.07, 6.45) is 1.35. The van der Waals surface area contributed by atoms with E-state index in [4.69, 9.17) is 9.26 Å². The van der Waals surface area contributed by atoms with Crippen LogP contribution < -0.4 is 0 Å². The number of hydrogen-bond acceptors (Lipinski definition) is 4. The largest absolute Gasteiger partial charge is 0.595 e. The lowest BCUT2D eigenvalue weighted by Crippen LogP contribution is -2.16. The molecule has 0 heterocycles. The third-order valence-corrected chi connectivity index (χ3v) is 5.27. The zero-order valence-corrected chi connectivity index (χ0v) is 18.4. The lowest BCUT2D eigenvalue weighted by Gasteiger charge is -2.23. The molecule has 0 aliphatic carbocycles. The zero-order chi connectivity index (χ0) is 20.1. The first-order valence-corrected chi connectivity index (χ1v) is 10.5. The Morgan fingerprint density at radius 2 is 1.65 bits per heavy atom. The fourth-order valence-electron chi connectivity index (χ4n) is 3.40. The van der Waals surface area contributed by atoms with Crippen LogP contribution in [0.2, 0.25) is 0 Å². The lowest BCUT2D eigenvalue weighted by atomic mass is 9.84. The number of benzene rings is 1. The average Bonchev–Trinajstić information content (AvgIpc) is 2.43. The van der Waals surface area contributed by atoms with Crippen LogP contribution in [-0.4, -0.2) is 18.4 Å². The Hall–Kier alpha value is -1.09. The third kappa shape index (κ3) is 7.65. The second kappa shape index (κ2) is 9.73. The number of ether oxygens (including phenoxy) is 1. The van der Waals surface area contributed by atoms with Crippen LogP contribution in [0.25, 0.3) is 0 Å². The van der Waals surface area contributed by atoms with Crippen molar-refractivity contribution in [3.05, 3.63) is 34.4 Å². The van der Waals surface area contributed by atoms with E-state index < -0.39 is 19.8 Å². The van der Waals surface area contributed by atoms with Crippen LogP contribution >= 0.6 is 8.03 Å². The first kappa shape index (κ1) is 23.0. The molecule has 0 bridgehead atoms. The molecule has 1 aromatic carbocycles. The molecule has 146 valence electrons. The van der Waals surface area contributed by atoms with Gasteiger partial charge in [0, 0.05) is 0 Å². The molecule has 3 atom stereocenters. The average molecular weight is 381 g/mol. The summed E-state index contributed by atoms with van der Waals surface area (Å²) in [7, 11) is -2.47. The van der Waals surface area contributed by atoms with Gasteiger partial charge in [-0.25, -0.2) is 4.79 Å². The van der Waals surface area contributed by atoms with Gasteiger partial charge >= 0.3 is 13.6 Å². The van der Waals surface area contributed by atoms with Gasteiger partial charge in [-0.15, -0.1) is 4.52 Å². The van der Waals surface area contributed by atoms with Gasteiger partial charge in [0.05, 0.1) is 12.2 Å². The SMILES string of the molecule is Cc1cc(C)c(C(=O)[P+](=O)OC(C)OCCC(C)CC(C)(C)C)c(C)c1. The fraction of sp³-hybridized carbons (Fsp3) is 0.667. The van der Waals surface area contributed by atoms with E-state index in [9.17, 15) is 9.36 Å². The molecule has 1 aromatic rings. The van der Waals surface area contributed by atoms with Gasteiger partial charge < -0.3 is 4.74 Å². The molecule has 0 aromatic heterocycles. The molecule has 0 spiro atoms. The molecule has 0 saturated carbocycles. The minimum atomic E-state index is -2.47. The molecule has 4 nitrogen and oxygen atoms in total. The molecular formula is C21H34O4P+. The lowest BCUT2D eigenvalue weighted by molar-refractivity contribution is -0.0658. The molecule has 3 unspecified atom stereocenters. The van der Waals surface area contributed by atoms with Crippen molar-refractivity contribution in [1.82, 2.24) is 0 Å². The predicted molar refractivity (Wildman–Crippen MR) is 107 cm³/mol. The summed E-state index contributed by atoms with van der Waals surface area (Å²) in [4.78, 5) is 12.5. The first-order chi connectivity index (χ1) is 11.9. The highest BCUT2D eigenvalue weighted by molar-refractivity contribution is 7.60. The molecule has 0 aliphatic rings. The molecule has 5 heteroatoms. The van der Waals surface area contributed by atoms with Crippen LogP contribution in [0.1, 0.15) is 74.5 Å². The van der Waals surface area contributed by atoms with Gasteiger partial charge in [-0.3, -0.25) is 0 Å². The molecule has 0 radical (unpaired) electrons. The van der Waals surface area contributed by atoms with E-state index >= 15 is 0 Å². The van der Waals surface area contributed by atoms with Crippen LogP contribution in [0.5, 0.6) is 0 Å². The van der Waals surface area contributed by atoms with Crippen LogP contribution in [0.15, 0.2) is 12.1 Å². The monoisotopic (exact) mass is 381 g/mol. The van der Waals surface area contributed by atoms with Crippen LogP contribution in [0, 0.1) is 32.1 Å². The zero-order valence-electron chi connectivity index (χ0n) is 17.5. The van der Waals surface area contributed by atoms with Crippen molar-refractivity contribution in [2.24, 2.45) is 11.3 Å². The standard InChI is InChI=1S/C21H34O4P/c1-14(13-21(6,7)8)9-10-24-18(5)25-26(23)20(22)19-16(3)11-15(2)12-17(19)4/h11-12,14,18H,9-10,13H2,1-8H3/q+1. The molecule has 0 fully saturated rings. The topological polar surface area (TPSA) is 52.6 Å². The summed E-state index contributed by atoms with van der Waals surface area (Å²) < 4.78 is 23.3. The number of aryl methyl sites for hydroxylation is 3. The predicted octanol–water partition coefficient (Wildman–Crippen LogP) is 6.34. The minimum absolute atomic E-state index is 0.293. The maximum absolute atomic E-state index is 12.5. The highest BCUT2D eigenvalue weighted by Crippen LogP contribution is 2.33. The van der Waals surface area contributed by atoms with Crippen molar-refractivity contribution in [2.45, 2.75) is 74.5 Å². The summed E-state index contributed by atoms with van der Waals surface area (Å²) in [5, 5.41) is 0. The van der Waals surface area contributed by atoms with E-state index in [0.29, 0.717) is 23.5 Å². The Balaban J connectivity index is 2.53. The van der Waals surface area contributed by atoms with Crippen molar-refractivity contribution in [2.75, 3.05) is 6.61 Å². The van der Waals surface area contributed by atoms with Crippen LogP contribution in [0.3, 0.4) is 0 Å². The van der Waals surface area contributed by atoms with Crippen molar-refractivity contribution in [3.8, 4) is 0 Å². The summed E-state index contributed by atoms with van der Waals surface area (Å²) in [6.45, 7) is 16.8. The molecular weight excluding hydrogens is 347 g/mol. The van der Waals surface area contributed by atoms with Crippen molar-refractivity contribution >= 4 is 13.6 Å². The molecule has 26 heavy (non-hydrogen) atoms. The quantitative estimate of drug-likeness (QED) is 0.370. The van der Waals surface area contributed by atoms with Gasteiger partial charge in [0.15, 0.2) is 0 Å². The van der Waals surface area contributed by atoms with Crippen molar-refractivity contribution < 1.29 is 18.6 Å². The van der Waals surface area contributed by atoms with E-state index in [2.05, 4.69) is 27.7 Å². The van der Waals surface area contributed by atoms with Crippen molar-refractivity contribution in [3.63, 3.8) is 0 Å². The Morgan fingerprint density at radius 1 is 1.12 bits per heavy atom. The minimum Gasteiger partial charge on any atom is -0.349 e. The second-order valence-electron chi connectivity index (χ2n) is 8.54. The van der Waals surface area contributed by atoms with Gasteiger partial charge in [-0.2, -0.15) is 0 Å². The van der Waals surface area contributed by atoms with Crippen LogP contribution in [-0.2, 0) is 13.8 Å². The summed E-state index contributed by atoms with van der Waals surface area (Å²) in [5.74, 6) is 0.537. The number of carbonyl (C=O) groups is 1.